The lowest BCUT2D eigenvalue weighted by Gasteiger charge is -2.41. The number of benzene rings is 4. The highest BCUT2D eigenvalue weighted by atomic mass is 32.1. The van der Waals surface area contributed by atoms with E-state index < -0.39 is 23.8 Å². The zero-order chi connectivity index (χ0) is 28.8. The van der Waals surface area contributed by atoms with Gasteiger partial charge in [-0.25, -0.2) is 5.01 Å². The van der Waals surface area contributed by atoms with Crippen LogP contribution in [0.2, 0.25) is 0 Å². The van der Waals surface area contributed by atoms with Gasteiger partial charge in [-0.1, -0.05) is 48.5 Å². The van der Waals surface area contributed by atoms with E-state index in [0.29, 0.717) is 34.2 Å². The fraction of sp³-hybridized carbons (Fsp3) is 0.0968. The van der Waals surface area contributed by atoms with Crippen molar-refractivity contribution in [1.82, 2.24) is 10.4 Å². The highest BCUT2D eigenvalue weighted by Gasteiger charge is 2.42. The topological polar surface area (TPSA) is 100 Å². The van der Waals surface area contributed by atoms with Gasteiger partial charge in [0, 0.05) is 11.3 Å². The van der Waals surface area contributed by atoms with Crippen molar-refractivity contribution in [2.75, 3.05) is 17.3 Å². The van der Waals surface area contributed by atoms with Crippen LogP contribution in [0.3, 0.4) is 0 Å². The van der Waals surface area contributed by atoms with E-state index in [0.717, 1.165) is 0 Å². The molecule has 0 unspecified atom stereocenters. The van der Waals surface area contributed by atoms with Crippen LogP contribution in [0.4, 0.5) is 11.4 Å². The number of ether oxygens (including phenoxy) is 2. The van der Waals surface area contributed by atoms with Gasteiger partial charge in [-0.15, -0.1) is 0 Å². The summed E-state index contributed by atoms with van der Waals surface area (Å²) in [4.78, 5) is 41.3. The molecule has 1 fully saturated rings. The third-order valence-electron chi connectivity index (χ3n) is 6.31. The van der Waals surface area contributed by atoms with Crippen LogP contribution in [-0.2, 0) is 9.59 Å². The molecule has 206 valence electrons. The summed E-state index contributed by atoms with van der Waals surface area (Å²) < 4.78 is 11.2. The third-order valence-corrected chi connectivity index (χ3v) is 6.69. The lowest BCUT2D eigenvalue weighted by atomic mass is 10.1. The van der Waals surface area contributed by atoms with Crippen LogP contribution < -0.4 is 25.1 Å². The summed E-state index contributed by atoms with van der Waals surface area (Å²) in [6, 6.07) is 30.4. The highest BCUT2D eigenvalue weighted by molar-refractivity contribution is 7.80. The molecular weight excluding hydrogens is 540 g/mol. The normalized spacial score (nSPS) is 14.8. The molecule has 1 aliphatic rings. The first-order valence-electron chi connectivity index (χ1n) is 12.7. The van der Waals surface area contributed by atoms with E-state index in [4.69, 9.17) is 21.7 Å². The minimum Gasteiger partial charge on any atom is -0.495 e. The molecule has 1 heterocycles. The third kappa shape index (κ3) is 6.18. The second-order valence-corrected chi connectivity index (χ2v) is 9.37. The maximum absolute atomic E-state index is 13.5. The van der Waals surface area contributed by atoms with Crippen LogP contribution in [0.25, 0.3) is 0 Å². The predicted octanol–water partition coefficient (Wildman–Crippen LogP) is 5.16. The Balaban J connectivity index is 1.39. The summed E-state index contributed by atoms with van der Waals surface area (Å²) in [5, 5.41) is 4.00. The van der Waals surface area contributed by atoms with Gasteiger partial charge in [-0.05, 0) is 72.9 Å². The Hall–Kier alpha value is -5.22. The summed E-state index contributed by atoms with van der Waals surface area (Å²) >= 11 is 5.69. The molecule has 4 aromatic carbocycles. The van der Waals surface area contributed by atoms with Crippen molar-refractivity contribution in [3.8, 4) is 17.2 Å². The van der Waals surface area contributed by atoms with Gasteiger partial charge in [-0.3, -0.25) is 24.7 Å². The Morgan fingerprint density at radius 2 is 1.44 bits per heavy atom. The largest absolute Gasteiger partial charge is 0.495 e. The summed E-state index contributed by atoms with van der Waals surface area (Å²) in [6.45, 7) is 0. The van der Waals surface area contributed by atoms with Gasteiger partial charge in [0.1, 0.15) is 23.3 Å². The number of para-hydroxylation sites is 3. The second-order valence-electron chi connectivity index (χ2n) is 9.01. The number of hydrazine groups is 1. The number of hydrogen-bond acceptors (Lipinski definition) is 6. The number of carbonyl (C=O) groups is 3. The van der Waals surface area contributed by atoms with Gasteiger partial charge in [0.25, 0.3) is 5.91 Å². The number of nitrogens with one attached hydrogen (secondary N) is 2. The van der Waals surface area contributed by atoms with Gasteiger partial charge < -0.3 is 14.8 Å². The lowest BCUT2D eigenvalue weighted by Crippen LogP contribution is -2.65. The first kappa shape index (κ1) is 27.4. The number of amides is 3. The molecule has 2 N–H and O–H groups in total. The Kier molecular flexibility index (Phi) is 8.21. The van der Waals surface area contributed by atoms with E-state index >= 15 is 0 Å². The number of nitrogens with zero attached hydrogens (tertiary/aromatic N) is 2. The number of carbonyl (C=O) groups excluding carboxylic acids is 3. The van der Waals surface area contributed by atoms with Gasteiger partial charge >= 0.3 is 0 Å². The number of methoxy groups -OCH3 is 1. The van der Waals surface area contributed by atoms with Crippen molar-refractivity contribution >= 4 is 46.4 Å². The predicted molar refractivity (Wildman–Crippen MR) is 159 cm³/mol. The van der Waals surface area contributed by atoms with Crippen molar-refractivity contribution in [1.29, 1.82) is 0 Å². The smallest absolute Gasteiger partial charge is 0.269 e. The van der Waals surface area contributed by atoms with Gasteiger partial charge in [0.15, 0.2) is 0 Å². The minimum absolute atomic E-state index is 0.0678. The number of rotatable bonds is 8. The van der Waals surface area contributed by atoms with E-state index in [1.807, 2.05) is 30.3 Å². The summed E-state index contributed by atoms with van der Waals surface area (Å²) in [5.41, 5.74) is 3.98. The lowest BCUT2D eigenvalue weighted by molar-refractivity contribution is -0.127. The maximum Gasteiger partial charge on any atom is 0.269 e. The molecule has 0 aliphatic carbocycles. The van der Waals surface area contributed by atoms with Crippen molar-refractivity contribution in [2.24, 2.45) is 0 Å². The second kappa shape index (κ2) is 12.3. The molecule has 4 aromatic rings. The Morgan fingerprint density at radius 1 is 0.829 bits per heavy atom. The standard InChI is InChI=1S/C31H26N4O5S/c1-39-27-15-9-8-14-25(27)34-28(36)20-26(35(31(34)41)33-29(37)21-10-4-2-5-11-21)30(38)32-22-16-18-24(19-17-22)40-23-12-6-3-7-13-23/h2-19,26H,20H2,1H3,(H,32,38)(H,33,37)/t26-/m1/s1. The average Bonchev–Trinajstić information content (AvgIpc) is 3.00. The molecule has 41 heavy (non-hydrogen) atoms. The van der Waals surface area contributed by atoms with Crippen molar-refractivity contribution in [2.45, 2.75) is 12.5 Å². The monoisotopic (exact) mass is 566 g/mol. The fourth-order valence-corrected chi connectivity index (χ4v) is 4.68. The average molecular weight is 567 g/mol. The fourth-order valence-electron chi connectivity index (χ4n) is 4.30. The van der Waals surface area contributed by atoms with Crippen molar-refractivity contribution in [3.63, 3.8) is 0 Å². The van der Waals surface area contributed by atoms with Gasteiger partial charge in [0.2, 0.25) is 16.9 Å². The van der Waals surface area contributed by atoms with E-state index in [2.05, 4.69) is 10.7 Å². The minimum atomic E-state index is -1.12. The molecule has 0 aromatic heterocycles. The zero-order valence-corrected chi connectivity index (χ0v) is 22.8. The van der Waals surface area contributed by atoms with Gasteiger partial charge in [0.05, 0.1) is 19.2 Å². The van der Waals surface area contributed by atoms with E-state index in [-0.39, 0.29) is 11.5 Å². The molecule has 0 radical (unpaired) electrons. The molecule has 1 saturated heterocycles. The van der Waals surface area contributed by atoms with Crippen LogP contribution in [0.15, 0.2) is 109 Å². The zero-order valence-electron chi connectivity index (χ0n) is 22.0. The molecular formula is C31H26N4O5S. The van der Waals surface area contributed by atoms with Crippen molar-refractivity contribution < 1.29 is 23.9 Å². The summed E-state index contributed by atoms with van der Waals surface area (Å²) in [7, 11) is 1.48. The first-order chi connectivity index (χ1) is 19.9. The molecule has 10 heteroatoms. The van der Waals surface area contributed by atoms with Crippen LogP contribution in [0.1, 0.15) is 16.8 Å². The Morgan fingerprint density at radius 3 is 2.12 bits per heavy atom. The van der Waals surface area contributed by atoms with Gasteiger partial charge in [-0.2, -0.15) is 0 Å². The molecule has 1 aliphatic heterocycles. The molecule has 0 saturated carbocycles. The molecule has 0 bridgehead atoms. The SMILES string of the molecule is COc1ccccc1N1C(=O)C[C@H](C(=O)Nc2ccc(Oc3ccccc3)cc2)N(NC(=O)c2ccccc2)C1=S. The molecule has 0 spiro atoms. The van der Waals surface area contributed by atoms with E-state index in [9.17, 15) is 14.4 Å². The maximum atomic E-state index is 13.5. The number of hydrogen-bond donors (Lipinski definition) is 2. The first-order valence-corrected chi connectivity index (χ1v) is 13.1. The molecule has 5 rings (SSSR count). The Bertz CT molecular complexity index is 1560. The summed E-state index contributed by atoms with van der Waals surface area (Å²) in [5.74, 6) is 0.262. The van der Waals surface area contributed by atoms with Crippen molar-refractivity contribution in [3.05, 3.63) is 115 Å². The highest BCUT2D eigenvalue weighted by Crippen LogP contribution is 2.32. The molecule has 3 amide bonds. The number of thiocarbonyl (C=S) groups is 1. The van der Waals surface area contributed by atoms with E-state index in [1.165, 1.54) is 17.0 Å². The Labute approximate surface area is 242 Å². The number of anilines is 2. The van der Waals surface area contributed by atoms with Crippen LogP contribution >= 0.6 is 12.2 Å². The molecule has 9 nitrogen and oxygen atoms in total. The van der Waals surface area contributed by atoms with Crippen LogP contribution in [-0.4, -0.2) is 41.0 Å². The quantitative estimate of drug-likeness (QED) is 0.284. The van der Waals surface area contributed by atoms with E-state index in [1.54, 1.807) is 78.9 Å². The van der Waals surface area contributed by atoms with Crippen LogP contribution in [0, 0.1) is 0 Å². The summed E-state index contributed by atoms with van der Waals surface area (Å²) in [6.07, 6.45) is -0.256. The molecule has 1 atom stereocenters. The van der Waals surface area contributed by atoms with Crippen LogP contribution in [0.5, 0.6) is 17.2 Å².